The van der Waals surface area contributed by atoms with Gasteiger partial charge in [-0.1, -0.05) is 254 Å². The monoisotopic (exact) mass is 1330 g/mol. The van der Waals surface area contributed by atoms with Crippen LogP contribution >= 0.6 is 22.7 Å². The van der Waals surface area contributed by atoms with Gasteiger partial charge in [0.05, 0.1) is 11.4 Å². The number of aryl methyl sites for hydroxylation is 5. The molecule has 8 aromatic heterocycles. The second-order valence-corrected chi connectivity index (χ2v) is 27.4. The smallest absolute Gasteiger partial charge is 0.144 e. The second kappa shape index (κ2) is 27.4. The lowest BCUT2D eigenvalue weighted by Crippen LogP contribution is -1.84. The predicted molar refractivity (Wildman–Crippen MR) is 424 cm³/mol. The number of para-hydroxylation sites is 6. The third kappa shape index (κ3) is 12.5. The van der Waals surface area contributed by atoms with Crippen molar-refractivity contribution in [3.63, 3.8) is 0 Å². The molecule has 0 bridgehead atoms. The highest BCUT2D eigenvalue weighted by atomic mass is 32.1. The summed E-state index contributed by atoms with van der Waals surface area (Å²) in [7, 11) is 0. The van der Waals surface area contributed by atoms with E-state index in [1.54, 1.807) is 0 Å². The van der Waals surface area contributed by atoms with Gasteiger partial charge in [-0.25, -0.2) is 0 Å². The lowest BCUT2D eigenvalue weighted by atomic mass is 10.0. The molecule has 0 fully saturated rings. The fourth-order valence-electron chi connectivity index (χ4n) is 13.2. The number of furan rings is 3. The maximum absolute atomic E-state index is 6.07. The number of hydrogen-bond donors (Lipinski definition) is 0. The summed E-state index contributed by atoms with van der Waals surface area (Å²) < 4.78 is 23.5. The maximum Gasteiger partial charge on any atom is 0.144 e. The Hall–Kier alpha value is -12.1. The van der Waals surface area contributed by atoms with Gasteiger partial charge < -0.3 is 13.3 Å². The molecule has 0 saturated heterocycles. The molecule has 0 saturated carbocycles. The molecule has 0 aliphatic carbocycles. The van der Waals surface area contributed by atoms with Crippen molar-refractivity contribution in [1.29, 1.82) is 0 Å². The first kappa shape index (κ1) is 62.7. The Balaban J connectivity index is 0.0000000972. The normalized spacial score (nSPS) is 11.2. The molecule has 8 heterocycles. The van der Waals surface area contributed by atoms with Gasteiger partial charge in [0, 0.05) is 125 Å². The van der Waals surface area contributed by atoms with E-state index in [9.17, 15) is 0 Å². The molecule has 8 heteroatoms. The Labute approximate surface area is 587 Å². The van der Waals surface area contributed by atoms with E-state index in [-0.39, 0.29) is 0 Å². The Kier molecular flexibility index (Phi) is 17.2. The zero-order valence-corrected chi connectivity index (χ0v) is 57.5. The molecule has 6 nitrogen and oxygen atoms in total. The molecule has 12 aromatic carbocycles. The summed E-state index contributed by atoms with van der Waals surface area (Å²) in [5.74, 6) is 0. The number of pyridine rings is 3. The molecule has 0 aliphatic heterocycles. The largest absolute Gasteiger partial charge is 0.455 e. The number of nitrogens with zero attached hydrogens (tertiary/aromatic N) is 3. The molecule has 20 rings (SSSR count). The average Bonchev–Trinajstić information content (AvgIpc) is 1.66. The first-order valence-corrected chi connectivity index (χ1v) is 35.2. The average molecular weight is 1330 g/mol. The second-order valence-electron chi connectivity index (χ2n) is 25.3. The van der Waals surface area contributed by atoms with E-state index in [4.69, 9.17) is 13.3 Å². The summed E-state index contributed by atoms with van der Waals surface area (Å²) in [6.45, 7) is 10.3. The zero-order chi connectivity index (χ0) is 67.6. The number of aromatic nitrogens is 3. The van der Waals surface area contributed by atoms with Crippen LogP contribution in [0.5, 0.6) is 0 Å². The highest BCUT2D eigenvalue weighted by molar-refractivity contribution is 7.26. The first-order valence-electron chi connectivity index (χ1n) is 33.6. The predicted octanol–water partition coefficient (Wildman–Crippen LogP) is 26.9. The quantitative estimate of drug-likeness (QED) is 0.171. The summed E-state index contributed by atoms with van der Waals surface area (Å²) in [5, 5.41) is 12.3. The molecule has 480 valence electrons. The number of fused-ring (bicyclic) bond motifs is 15. The van der Waals surface area contributed by atoms with E-state index < -0.39 is 0 Å². The Morgan fingerprint density at radius 2 is 0.570 bits per heavy atom. The summed E-state index contributed by atoms with van der Waals surface area (Å²) in [6.07, 6.45) is 5.72. The van der Waals surface area contributed by atoms with Gasteiger partial charge in [0.25, 0.3) is 0 Å². The van der Waals surface area contributed by atoms with Crippen molar-refractivity contribution in [1.82, 2.24) is 15.0 Å². The van der Waals surface area contributed by atoms with E-state index in [2.05, 4.69) is 272 Å². The minimum absolute atomic E-state index is 0.907. The van der Waals surface area contributed by atoms with E-state index >= 15 is 0 Å². The van der Waals surface area contributed by atoms with E-state index in [1.165, 1.54) is 90.1 Å². The molecule has 0 spiro atoms. The fourth-order valence-corrected chi connectivity index (χ4v) is 15.6. The SMILES string of the molecule is Cc1ccc(-c2cccc3c2oc2ccccc23)cc1.Cc1ccc(-c2cccc3c2oc2ccccc23)cn1.Cc1ccc(-c2cccc3c2oc2ccccc23)nc1.Cc1ccc(-c2cccc3c2sc2ccccc23)cc1.Cc1ccc(-c2cccc3c2sc2ccccc23)nc1. The van der Waals surface area contributed by atoms with Crippen molar-refractivity contribution in [3.05, 3.63) is 344 Å². The summed E-state index contributed by atoms with van der Waals surface area (Å²) in [6, 6.07) is 103. The van der Waals surface area contributed by atoms with Crippen LogP contribution in [-0.2, 0) is 0 Å². The van der Waals surface area contributed by atoms with Crippen molar-refractivity contribution in [2.45, 2.75) is 34.6 Å². The van der Waals surface area contributed by atoms with Crippen molar-refractivity contribution in [3.8, 4) is 55.9 Å². The topological polar surface area (TPSA) is 78.1 Å². The van der Waals surface area contributed by atoms with Gasteiger partial charge in [0.15, 0.2) is 0 Å². The van der Waals surface area contributed by atoms with Crippen LogP contribution in [0, 0.1) is 34.6 Å². The van der Waals surface area contributed by atoms with Gasteiger partial charge in [-0.05, 0) is 117 Å². The molecule has 20 aromatic rings. The van der Waals surface area contributed by atoms with Crippen LogP contribution in [0.2, 0.25) is 0 Å². The lowest BCUT2D eigenvalue weighted by molar-refractivity contribution is 0.669. The zero-order valence-electron chi connectivity index (χ0n) is 55.9. The lowest BCUT2D eigenvalue weighted by Gasteiger charge is -2.04. The summed E-state index contributed by atoms with van der Waals surface area (Å²) >= 11 is 3.73. The molecule has 0 aliphatic rings. The number of hydrogen-bond acceptors (Lipinski definition) is 8. The van der Waals surface area contributed by atoms with Gasteiger partial charge in [-0.15, -0.1) is 22.7 Å². The fraction of sp³-hybridized carbons (Fsp3) is 0.0543. The minimum Gasteiger partial charge on any atom is -0.455 e. The Morgan fingerprint density at radius 3 is 1.02 bits per heavy atom. The highest BCUT2D eigenvalue weighted by Gasteiger charge is 2.17. The summed E-state index contributed by atoms with van der Waals surface area (Å²) in [5.41, 5.74) is 23.0. The third-order valence-electron chi connectivity index (χ3n) is 18.3. The molecule has 0 atom stereocenters. The first-order chi connectivity index (χ1) is 49.1. The van der Waals surface area contributed by atoms with Crippen LogP contribution in [0.15, 0.2) is 329 Å². The molecule has 0 unspecified atom stereocenters. The van der Waals surface area contributed by atoms with Gasteiger partial charge in [-0.3, -0.25) is 15.0 Å². The van der Waals surface area contributed by atoms with E-state index in [0.717, 1.165) is 99.9 Å². The van der Waals surface area contributed by atoms with Crippen molar-refractivity contribution in [2.24, 2.45) is 0 Å². The molecular weight excluding hydrogens is 1260 g/mol. The van der Waals surface area contributed by atoms with Crippen molar-refractivity contribution < 1.29 is 13.3 Å². The van der Waals surface area contributed by atoms with Gasteiger partial charge in [0.2, 0.25) is 0 Å². The summed E-state index contributed by atoms with van der Waals surface area (Å²) in [4.78, 5) is 13.5. The third-order valence-corrected chi connectivity index (χ3v) is 20.8. The molecule has 0 amide bonds. The number of benzene rings is 12. The highest BCUT2D eigenvalue weighted by Crippen LogP contribution is 2.43. The van der Waals surface area contributed by atoms with Crippen molar-refractivity contribution in [2.75, 3.05) is 0 Å². The molecule has 0 N–H and O–H groups in total. The molecule has 100 heavy (non-hydrogen) atoms. The van der Waals surface area contributed by atoms with Crippen LogP contribution in [0.25, 0.3) is 162 Å². The van der Waals surface area contributed by atoms with Crippen molar-refractivity contribution >= 4 is 129 Å². The van der Waals surface area contributed by atoms with Crippen LogP contribution in [-0.4, -0.2) is 15.0 Å². The van der Waals surface area contributed by atoms with Crippen LogP contribution in [0.1, 0.15) is 27.9 Å². The van der Waals surface area contributed by atoms with Crippen LogP contribution in [0.4, 0.5) is 0 Å². The van der Waals surface area contributed by atoms with Gasteiger partial charge in [0.1, 0.15) is 33.5 Å². The van der Waals surface area contributed by atoms with Crippen LogP contribution in [0.3, 0.4) is 0 Å². The maximum atomic E-state index is 6.07. The molecular formula is C92H67N3O3S2. The Bertz CT molecular complexity index is 5420. The number of thiophene rings is 2. The van der Waals surface area contributed by atoms with E-state index in [1.807, 2.05) is 116 Å². The van der Waals surface area contributed by atoms with E-state index in [0.29, 0.717) is 0 Å². The van der Waals surface area contributed by atoms with Gasteiger partial charge >= 0.3 is 0 Å². The number of rotatable bonds is 5. The van der Waals surface area contributed by atoms with Gasteiger partial charge in [-0.2, -0.15) is 0 Å². The minimum atomic E-state index is 0.907. The van der Waals surface area contributed by atoms with Crippen LogP contribution < -0.4 is 0 Å². The Morgan fingerprint density at radius 1 is 0.230 bits per heavy atom. The molecule has 0 radical (unpaired) electrons. The standard InChI is InChI=1S/C19H14O.C19H14S.2C18H13NO.C18H13NS/c2*1-13-9-11-14(12-10-13)15-6-4-7-17-16-5-2-3-8-18(16)20-19(15)17;1-12-9-10-13(11-19-12)14-6-4-7-16-15-5-2-3-8-17(15)20-18(14)16;2*1-12-9-10-16(19-11-12)15-7-4-6-14-13-5-2-3-8-17(13)20-18(14)15/h2*2-12H,1H3;3*2-11H,1H3.